The van der Waals surface area contributed by atoms with E-state index >= 15 is 0 Å². The Labute approximate surface area is 201 Å². The summed E-state index contributed by atoms with van der Waals surface area (Å²) >= 11 is 0. The first-order chi connectivity index (χ1) is 16.3. The van der Waals surface area contributed by atoms with Gasteiger partial charge in [-0.05, 0) is 47.9 Å². The van der Waals surface area contributed by atoms with Crippen molar-refractivity contribution in [2.24, 2.45) is 5.41 Å². The van der Waals surface area contributed by atoms with Gasteiger partial charge in [-0.15, -0.1) is 0 Å². The Hall–Kier alpha value is -3.55. The van der Waals surface area contributed by atoms with E-state index in [1.807, 2.05) is 26.0 Å². The van der Waals surface area contributed by atoms with Crippen LogP contribution in [0.5, 0.6) is 5.75 Å². The first kappa shape index (κ1) is 26.1. The van der Waals surface area contributed by atoms with E-state index in [1.165, 1.54) is 12.1 Å². The van der Waals surface area contributed by atoms with Crippen molar-refractivity contribution in [3.8, 4) is 5.75 Å². The summed E-state index contributed by atoms with van der Waals surface area (Å²) in [5.41, 5.74) is 0.172. The van der Waals surface area contributed by atoms with Crippen LogP contribution in [-0.4, -0.2) is 23.0 Å². The number of hydrogen-bond acceptors (Lipinski definition) is 3. The number of carbonyl (C=O) groups excluding carboxylic acids is 1. The van der Waals surface area contributed by atoms with Crippen LogP contribution >= 0.6 is 0 Å². The molecule has 0 fully saturated rings. The Morgan fingerprint density at radius 2 is 1.69 bits per heavy atom. The average Bonchev–Trinajstić information content (AvgIpc) is 2.79. The number of carbonyl (C=O) groups is 2. The fourth-order valence-electron chi connectivity index (χ4n) is 3.70. The van der Waals surface area contributed by atoms with Crippen LogP contribution in [0.25, 0.3) is 10.8 Å². The van der Waals surface area contributed by atoms with Gasteiger partial charge in [0.2, 0.25) is 0 Å². The molecule has 35 heavy (non-hydrogen) atoms. The smallest absolute Gasteiger partial charge is 0.416 e. The molecule has 0 spiro atoms. The molecule has 3 aromatic carbocycles. The average molecular weight is 488 g/mol. The number of amides is 1. The predicted molar refractivity (Wildman–Crippen MR) is 127 cm³/mol. The van der Waals surface area contributed by atoms with Crippen molar-refractivity contribution < 1.29 is 32.6 Å². The van der Waals surface area contributed by atoms with E-state index in [0.29, 0.717) is 17.4 Å². The normalized spacial score (nSPS) is 12.9. The van der Waals surface area contributed by atoms with E-state index in [-0.39, 0.29) is 17.9 Å². The van der Waals surface area contributed by atoms with Gasteiger partial charge in [0.1, 0.15) is 18.4 Å². The van der Waals surface area contributed by atoms with Crippen LogP contribution < -0.4 is 10.1 Å². The number of aryl methyl sites for hydroxylation is 1. The summed E-state index contributed by atoms with van der Waals surface area (Å²) in [6.07, 6.45) is -3.91. The standard InChI is InChI=1S/C27H28F3NO4/c1-5-26(3,4)23(25(33)34)31-24(32)21-13-9-18-14-16(2)6-12-20(18)22(21)35-15-17-7-10-19(11-8-17)27(28,29)30/h6-14,23H,5,15H2,1-4H3,(H,31,32)(H,33,34)/t23-/m1/s1. The highest BCUT2D eigenvalue weighted by atomic mass is 19.4. The summed E-state index contributed by atoms with van der Waals surface area (Å²) < 4.78 is 44.6. The van der Waals surface area contributed by atoms with Crippen LogP contribution in [-0.2, 0) is 17.6 Å². The zero-order valence-corrected chi connectivity index (χ0v) is 20.0. The molecule has 8 heteroatoms. The summed E-state index contributed by atoms with van der Waals surface area (Å²) in [5, 5.41) is 13.8. The van der Waals surface area contributed by atoms with E-state index in [0.717, 1.165) is 23.1 Å². The molecule has 0 aliphatic rings. The molecule has 0 radical (unpaired) electrons. The lowest BCUT2D eigenvalue weighted by Gasteiger charge is -2.31. The number of halogens is 3. The number of fused-ring (bicyclic) bond motifs is 1. The molecule has 0 unspecified atom stereocenters. The van der Waals surface area contributed by atoms with Gasteiger partial charge in [0.15, 0.2) is 0 Å². The maximum Gasteiger partial charge on any atom is 0.416 e. The summed E-state index contributed by atoms with van der Waals surface area (Å²) in [4.78, 5) is 25.1. The monoisotopic (exact) mass is 487 g/mol. The van der Waals surface area contributed by atoms with E-state index < -0.39 is 35.1 Å². The van der Waals surface area contributed by atoms with Crippen LogP contribution in [0.1, 0.15) is 54.2 Å². The summed E-state index contributed by atoms with van der Waals surface area (Å²) in [7, 11) is 0. The number of carboxylic acids is 1. The fraction of sp³-hybridized carbons (Fsp3) is 0.333. The summed E-state index contributed by atoms with van der Waals surface area (Å²) in [6.45, 7) is 7.22. The minimum absolute atomic E-state index is 0.0752. The van der Waals surface area contributed by atoms with Crippen molar-refractivity contribution in [3.05, 3.63) is 76.9 Å². The Kier molecular flexibility index (Phi) is 7.43. The number of benzene rings is 3. The molecule has 3 aromatic rings. The number of rotatable bonds is 8. The molecular weight excluding hydrogens is 459 g/mol. The summed E-state index contributed by atoms with van der Waals surface area (Å²) in [6, 6.07) is 12.4. The number of hydrogen-bond donors (Lipinski definition) is 2. The molecule has 0 saturated heterocycles. The van der Waals surface area contributed by atoms with E-state index in [1.54, 1.807) is 32.0 Å². The molecular formula is C27H28F3NO4. The molecule has 0 aromatic heterocycles. The highest BCUT2D eigenvalue weighted by Crippen LogP contribution is 2.33. The quantitative estimate of drug-likeness (QED) is 0.387. The van der Waals surface area contributed by atoms with Gasteiger partial charge < -0.3 is 15.2 Å². The molecule has 5 nitrogen and oxygen atoms in total. The second-order valence-electron chi connectivity index (χ2n) is 9.24. The minimum Gasteiger partial charge on any atom is -0.487 e. The maximum atomic E-state index is 13.2. The van der Waals surface area contributed by atoms with Gasteiger partial charge in [-0.3, -0.25) is 4.79 Å². The highest BCUT2D eigenvalue weighted by molar-refractivity contribution is 6.05. The Morgan fingerprint density at radius 1 is 1.03 bits per heavy atom. The third-order valence-corrected chi connectivity index (χ3v) is 6.25. The molecule has 0 heterocycles. The van der Waals surface area contributed by atoms with Crippen LogP contribution in [0.15, 0.2) is 54.6 Å². The molecule has 0 aliphatic carbocycles. The Bertz CT molecular complexity index is 1230. The third-order valence-electron chi connectivity index (χ3n) is 6.25. The lowest BCUT2D eigenvalue weighted by atomic mass is 9.81. The number of alkyl halides is 3. The molecule has 1 amide bonds. The van der Waals surface area contributed by atoms with Crippen molar-refractivity contribution in [3.63, 3.8) is 0 Å². The van der Waals surface area contributed by atoms with E-state index in [2.05, 4.69) is 5.32 Å². The molecule has 0 aliphatic heterocycles. The zero-order valence-electron chi connectivity index (χ0n) is 20.0. The molecule has 1 atom stereocenters. The zero-order chi connectivity index (χ0) is 26.0. The van der Waals surface area contributed by atoms with Gasteiger partial charge in [-0.1, -0.05) is 62.7 Å². The van der Waals surface area contributed by atoms with Crippen LogP contribution in [0.2, 0.25) is 0 Å². The topological polar surface area (TPSA) is 75.6 Å². The number of ether oxygens (including phenoxy) is 1. The van der Waals surface area contributed by atoms with Crippen LogP contribution in [0.4, 0.5) is 13.2 Å². The van der Waals surface area contributed by atoms with Gasteiger partial charge in [-0.25, -0.2) is 4.79 Å². The van der Waals surface area contributed by atoms with Gasteiger partial charge in [0.25, 0.3) is 5.91 Å². The second-order valence-corrected chi connectivity index (χ2v) is 9.24. The SMILES string of the molecule is CCC(C)(C)[C@H](NC(=O)c1ccc2cc(C)ccc2c1OCc1ccc(C(F)(F)F)cc1)C(=O)O. The lowest BCUT2D eigenvalue weighted by Crippen LogP contribution is -2.50. The van der Waals surface area contributed by atoms with Crippen molar-refractivity contribution in [2.45, 2.75) is 52.9 Å². The second kappa shape index (κ2) is 9.98. The molecule has 2 N–H and O–H groups in total. The Balaban J connectivity index is 1.97. The number of aliphatic carboxylic acids is 1. The van der Waals surface area contributed by atoms with Crippen molar-refractivity contribution in [1.29, 1.82) is 0 Å². The first-order valence-corrected chi connectivity index (χ1v) is 11.2. The lowest BCUT2D eigenvalue weighted by molar-refractivity contribution is -0.142. The van der Waals surface area contributed by atoms with Crippen molar-refractivity contribution >= 4 is 22.6 Å². The van der Waals surface area contributed by atoms with Crippen molar-refractivity contribution in [2.75, 3.05) is 0 Å². The first-order valence-electron chi connectivity index (χ1n) is 11.2. The predicted octanol–water partition coefficient (Wildman–Crippen LogP) is 6.37. The van der Waals surface area contributed by atoms with Crippen LogP contribution in [0, 0.1) is 12.3 Å². The fourth-order valence-corrected chi connectivity index (χ4v) is 3.70. The minimum atomic E-state index is -4.44. The Morgan fingerprint density at radius 3 is 2.26 bits per heavy atom. The third kappa shape index (κ3) is 5.93. The number of nitrogens with one attached hydrogen (secondary N) is 1. The summed E-state index contributed by atoms with van der Waals surface area (Å²) in [5.74, 6) is -1.52. The van der Waals surface area contributed by atoms with Gasteiger partial charge >= 0.3 is 12.1 Å². The molecule has 0 bridgehead atoms. The highest BCUT2D eigenvalue weighted by Gasteiger charge is 2.36. The van der Waals surface area contributed by atoms with Gasteiger partial charge in [-0.2, -0.15) is 13.2 Å². The largest absolute Gasteiger partial charge is 0.487 e. The van der Waals surface area contributed by atoms with Gasteiger partial charge in [0.05, 0.1) is 11.1 Å². The van der Waals surface area contributed by atoms with Crippen LogP contribution in [0.3, 0.4) is 0 Å². The van der Waals surface area contributed by atoms with E-state index in [4.69, 9.17) is 4.74 Å². The molecule has 186 valence electrons. The van der Waals surface area contributed by atoms with Gasteiger partial charge in [0, 0.05) is 5.39 Å². The van der Waals surface area contributed by atoms with Crippen molar-refractivity contribution in [1.82, 2.24) is 5.32 Å². The number of carboxylic acid groups (broad SMARTS) is 1. The van der Waals surface area contributed by atoms with E-state index in [9.17, 15) is 27.9 Å². The molecule has 0 saturated carbocycles. The maximum absolute atomic E-state index is 13.2. The molecule has 3 rings (SSSR count).